The fourth-order valence-electron chi connectivity index (χ4n) is 0.601. The zero-order valence-electron chi connectivity index (χ0n) is 4.70. The highest BCUT2D eigenvalue weighted by atomic mass is 35.5. The van der Waals surface area contributed by atoms with Crippen molar-refractivity contribution in [1.82, 2.24) is 0 Å². The van der Waals surface area contributed by atoms with E-state index in [9.17, 15) is 4.79 Å². The van der Waals surface area contributed by atoms with Crippen molar-refractivity contribution in [2.24, 2.45) is 5.90 Å². The Morgan fingerprint density at radius 3 is 2.67 bits per heavy atom. The third-order valence-electron chi connectivity index (χ3n) is 1.05. The van der Waals surface area contributed by atoms with E-state index in [-0.39, 0.29) is 18.4 Å². The summed E-state index contributed by atoms with van der Waals surface area (Å²) in [5.74, 6) is 4.37. The molecule has 1 atom stereocenters. The topological polar surface area (TPSA) is 61.6 Å². The minimum atomic E-state index is -0.519. The van der Waals surface area contributed by atoms with Crippen molar-refractivity contribution in [3.8, 4) is 0 Å². The lowest BCUT2D eigenvalue weighted by Crippen LogP contribution is -2.21. The Balaban J connectivity index is 0.000000640. The number of esters is 1. The molecular weight excluding hydrogens is 146 g/mol. The van der Waals surface area contributed by atoms with Gasteiger partial charge in [0.15, 0.2) is 6.10 Å². The van der Waals surface area contributed by atoms with Gasteiger partial charge in [-0.3, -0.25) is 4.84 Å². The average molecular weight is 154 g/mol. The van der Waals surface area contributed by atoms with Gasteiger partial charge in [-0.15, -0.1) is 12.4 Å². The molecule has 0 aromatic heterocycles. The van der Waals surface area contributed by atoms with Gasteiger partial charge >= 0.3 is 5.97 Å². The molecule has 1 aliphatic heterocycles. The summed E-state index contributed by atoms with van der Waals surface area (Å²) in [4.78, 5) is 14.6. The molecule has 2 N–H and O–H groups in total. The standard InChI is InChI=1S/C4H7NO3.ClH/c5-8-3-1-2-7-4(3)6;/h3H,1-2,5H2;1H. The van der Waals surface area contributed by atoms with Gasteiger partial charge in [0.05, 0.1) is 6.61 Å². The largest absolute Gasteiger partial charge is 0.464 e. The Morgan fingerprint density at radius 2 is 2.44 bits per heavy atom. The van der Waals surface area contributed by atoms with Crippen LogP contribution in [0.5, 0.6) is 0 Å². The highest BCUT2D eigenvalue weighted by Crippen LogP contribution is 2.06. The first-order valence-corrected chi connectivity index (χ1v) is 2.37. The second-order valence-electron chi connectivity index (χ2n) is 1.58. The maximum atomic E-state index is 10.4. The Morgan fingerprint density at radius 1 is 1.78 bits per heavy atom. The minimum Gasteiger partial charge on any atom is -0.464 e. The molecule has 0 spiro atoms. The molecule has 1 heterocycles. The van der Waals surface area contributed by atoms with Crippen molar-refractivity contribution < 1.29 is 14.4 Å². The van der Waals surface area contributed by atoms with Crippen LogP contribution < -0.4 is 5.90 Å². The van der Waals surface area contributed by atoms with Gasteiger partial charge in [0, 0.05) is 6.42 Å². The molecule has 1 fully saturated rings. The van der Waals surface area contributed by atoms with Gasteiger partial charge in [0.1, 0.15) is 0 Å². The predicted octanol–water partition coefficient (Wildman–Crippen LogP) is -0.386. The molecule has 0 aromatic rings. The molecule has 0 aliphatic carbocycles. The summed E-state index contributed by atoms with van der Waals surface area (Å²) < 4.78 is 4.51. The van der Waals surface area contributed by atoms with Crippen LogP contribution in [0.1, 0.15) is 6.42 Å². The van der Waals surface area contributed by atoms with Crippen molar-refractivity contribution in [2.75, 3.05) is 6.61 Å². The second-order valence-corrected chi connectivity index (χ2v) is 1.58. The van der Waals surface area contributed by atoms with Crippen LogP contribution in [0.25, 0.3) is 0 Å². The summed E-state index contributed by atoms with van der Waals surface area (Å²) in [5.41, 5.74) is 0. The van der Waals surface area contributed by atoms with Crippen LogP contribution in [0.3, 0.4) is 0 Å². The number of carbonyl (C=O) groups is 1. The summed E-state index contributed by atoms with van der Waals surface area (Å²) >= 11 is 0. The number of nitrogens with two attached hydrogens (primary N) is 1. The van der Waals surface area contributed by atoms with Crippen LogP contribution in [0.4, 0.5) is 0 Å². The van der Waals surface area contributed by atoms with E-state index in [0.717, 1.165) is 0 Å². The zero-order chi connectivity index (χ0) is 5.98. The van der Waals surface area contributed by atoms with E-state index >= 15 is 0 Å². The normalized spacial score (nSPS) is 25.0. The molecule has 4 nitrogen and oxygen atoms in total. The van der Waals surface area contributed by atoms with E-state index in [2.05, 4.69) is 9.57 Å². The van der Waals surface area contributed by atoms with Crippen molar-refractivity contribution >= 4 is 18.4 Å². The monoisotopic (exact) mass is 153 g/mol. The molecule has 0 bridgehead atoms. The summed E-state index contributed by atoms with van der Waals surface area (Å²) in [6.07, 6.45) is 0.0602. The molecule has 0 aromatic carbocycles. The van der Waals surface area contributed by atoms with Crippen LogP contribution in [0, 0.1) is 0 Å². The van der Waals surface area contributed by atoms with E-state index in [1.165, 1.54) is 0 Å². The van der Waals surface area contributed by atoms with Gasteiger partial charge in [-0.2, -0.15) is 0 Å². The van der Waals surface area contributed by atoms with Gasteiger partial charge in [-0.25, -0.2) is 10.7 Å². The maximum absolute atomic E-state index is 10.4. The first kappa shape index (κ1) is 8.68. The van der Waals surface area contributed by atoms with Crippen molar-refractivity contribution in [1.29, 1.82) is 0 Å². The molecule has 1 aliphatic rings. The Kier molecular flexibility index (Phi) is 3.53. The third kappa shape index (κ3) is 1.82. The lowest BCUT2D eigenvalue weighted by molar-refractivity contribution is -0.147. The molecule has 5 heteroatoms. The summed E-state index contributed by atoms with van der Waals surface area (Å²) in [6.45, 7) is 0.431. The summed E-state index contributed by atoms with van der Waals surface area (Å²) in [7, 11) is 0. The second kappa shape index (κ2) is 3.66. The number of carbonyl (C=O) groups excluding carboxylic acids is 1. The van der Waals surface area contributed by atoms with Gasteiger partial charge in [0.2, 0.25) is 0 Å². The minimum absolute atomic E-state index is 0. The smallest absolute Gasteiger partial charge is 0.337 e. The molecule has 1 unspecified atom stereocenters. The molecular formula is C4H8ClNO3. The number of halogens is 1. The molecule has 54 valence electrons. The third-order valence-corrected chi connectivity index (χ3v) is 1.05. The predicted molar refractivity (Wildman–Crippen MR) is 31.9 cm³/mol. The Hall–Kier alpha value is -0.320. The molecule has 1 rings (SSSR count). The maximum Gasteiger partial charge on any atom is 0.337 e. The van der Waals surface area contributed by atoms with Crippen LogP contribution >= 0.6 is 12.4 Å². The van der Waals surface area contributed by atoms with E-state index in [4.69, 9.17) is 5.90 Å². The fourth-order valence-corrected chi connectivity index (χ4v) is 0.601. The van der Waals surface area contributed by atoms with Gasteiger partial charge in [-0.05, 0) is 0 Å². The van der Waals surface area contributed by atoms with Crippen molar-refractivity contribution in [3.63, 3.8) is 0 Å². The lowest BCUT2D eigenvalue weighted by Gasteiger charge is -1.97. The number of hydrogen-bond acceptors (Lipinski definition) is 4. The molecule has 0 radical (unpaired) electrons. The first-order chi connectivity index (χ1) is 3.84. The van der Waals surface area contributed by atoms with Crippen LogP contribution in [-0.4, -0.2) is 18.7 Å². The van der Waals surface area contributed by atoms with Crippen molar-refractivity contribution in [3.05, 3.63) is 0 Å². The molecule has 0 saturated carbocycles. The number of hydrogen-bond donors (Lipinski definition) is 1. The quantitative estimate of drug-likeness (QED) is 0.412. The zero-order valence-corrected chi connectivity index (χ0v) is 5.52. The van der Waals surface area contributed by atoms with Crippen LogP contribution in [-0.2, 0) is 14.4 Å². The molecule has 0 amide bonds. The lowest BCUT2D eigenvalue weighted by atomic mass is 10.3. The first-order valence-electron chi connectivity index (χ1n) is 2.37. The number of rotatable bonds is 1. The highest BCUT2D eigenvalue weighted by Gasteiger charge is 2.26. The molecule has 9 heavy (non-hydrogen) atoms. The average Bonchev–Trinajstić information content (AvgIpc) is 2.14. The van der Waals surface area contributed by atoms with Crippen molar-refractivity contribution in [2.45, 2.75) is 12.5 Å². The van der Waals surface area contributed by atoms with Crippen LogP contribution in [0.15, 0.2) is 0 Å². The van der Waals surface area contributed by atoms with E-state index in [1.54, 1.807) is 0 Å². The Bertz CT molecular complexity index is 108. The fraction of sp³-hybridized carbons (Fsp3) is 0.750. The Labute approximate surface area is 58.7 Å². The summed E-state index contributed by atoms with van der Waals surface area (Å²) in [5, 5.41) is 0. The van der Waals surface area contributed by atoms with E-state index in [1.807, 2.05) is 0 Å². The van der Waals surface area contributed by atoms with Crippen LogP contribution in [0.2, 0.25) is 0 Å². The molecule has 1 saturated heterocycles. The number of cyclic esters (lactones) is 1. The SMILES string of the molecule is Cl.NOC1CCOC1=O. The van der Waals surface area contributed by atoms with Gasteiger partial charge in [-0.1, -0.05) is 0 Å². The van der Waals surface area contributed by atoms with E-state index in [0.29, 0.717) is 13.0 Å². The van der Waals surface area contributed by atoms with Gasteiger partial charge < -0.3 is 4.74 Å². The van der Waals surface area contributed by atoms with Gasteiger partial charge in [0.25, 0.3) is 0 Å². The summed E-state index contributed by atoms with van der Waals surface area (Å²) in [6, 6.07) is 0. The highest BCUT2D eigenvalue weighted by molar-refractivity contribution is 5.85. The van der Waals surface area contributed by atoms with E-state index < -0.39 is 6.10 Å². The number of ether oxygens (including phenoxy) is 1.